The average Bonchev–Trinajstić information content (AvgIpc) is 0.717. The van der Waals surface area contributed by atoms with Gasteiger partial charge in [0.25, 0.3) is 0 Å². The van der Waals surface area contributed by atoms with Crippen LogP contribution in [0.4, 0.5) is 0 Å². The SMILES string of the molecule is Brc1ccc(-c2c(-c3ccc(C(c4ccccc4)c4ccccc4)cc3)c(-c3ccc(Br)cc3)c(-c3ccc(C(c4ccccc4)c4ccccc4)cc3)c(-c3ccc(Br)cc3)c2-c2ccc(C(c3ccccc3)c3ccccc3)cc2)cc1.ClCCl.ClCCl.ClCCl. The standard InChI is InChI=1S/C81H57Br3.3CH2Cl2/c82-70-49-43-67(44-50-70)79-76(64-37-31-61(32-38-64)73(55-19-7-1-8-20-55)56-21-9-2-10-22-56)80(68-45-51-71(83)52-46-68)78(66-41-35-63(36-42-66)75(59-27-15-5-16-28-59)60-29-17-6-18-30-60)81(69-47-53-72(84)54-48-69)77(79)65-39-33-62(34-40-65)74(57-23-11-3-12-24-57)58-25-13-4-14-26-58;3*2-1-3/h1-54,73-75H;3*1H2. The van der Waals surface area contributed by atoms with E-state index in [1.165, 1.54) is 50.1 Å². The molecule has 0 bridgehead atoms. The second kappa shape index (κ2) is 35.0. The molecule has 0 spiro atoms. The Morgan fingerprint density at radius 2 is 0.290 bits per heavy atom. The molecule has 0 aromatic heterocycles. The second-order valence-electron chi connectivity index (χ2n) is 21.7. The molecule has 0 saturated heterocycles. The quantitative estimate of drug-likeness (QED) is 0.0709. The minimum atomic E-state index is 0.0347. The maximum atomic E-state index is 4.76. The number of hydrogen-bond donors (Lipinski definition) is 0. The van der Waals surface area contributed by atoms with E-state index in [1.807, 2.05) is 0 Å². The van der Waals surface area contributed by atoms with Crippen LogP contribution in [0.2, 0.25) is 0 Å². The lowest BCUT2D eigenvalue weighted by atomic mass is 9.73. The molecule has 0 unspecified atom stereocenters. The fourth-order valence-corrected chi connectivity index (χ4v) is 13.3. The van der Waals surface area contributed by atoms with Crippen LogP contribution in [-0.4, -0.2) is 16.0 Å². The van der Waals surface area contributed by atoms with Crippen molar-refractivity contribution < 1.29 is 0 Å². The van der Waals surface area contributed by atoms with Crippen molar-refractivity contribution in [3.8, 4) is 66.8 Å². The zero-order valence-electron chi connectivity index (χ0n) is 50.4. The first-order valence-corrected chi connectivity index (χ1v) is 35.7. The van der Waals surface area contributed by atoms with Crippen LogP contribution < -0.4 is 0 Å². The van der Waals surface area contributed by atoms with Crippen molar-refractivity contribution in [1.82, 2.24) is 0 Å². The van der Waals surface area contributed by atoms with Crippen LogP contribution >= 0.6 is 117 Å². The van der Waals surface area contributed by atoms with Gasteiger partial charge in [-0.3, -0.25) is 0 Å². The highest BCUT2D eigenvalue weighted by molar-refractivity contribution is 9.11. The third kappa shape index (κ3) is 17.1. The lowest BCUT2D eigenvalue weighted by Gasteiger charge is -2.29. The van der Waals surface area contributed by atoms with E-state index in [-0.39, 0.29) is 33.8 Å². The number of alkyl halides is 6. The molecule has 0 nitrogen and oxygen atoms in total. The third-order valence-electron chi connectivity index (χ3n) is 16.3. The van der Waals surface area contributed by atoms with Crippen LogP contribution in [-0.2, 0) is 0 Å². The van der Waals surface area contributed by atoms with E-state index in [4.69, 9.17) is 69.6 Å². The molecule has 462 valence electrons. The molecular weight excluding hydrogens is 1460 g/mol. The van der Waals surface area contributed by atoms with Gasteiger partial charge < -0.3 is 0 Å². The van der Waals surface area contributed by atoms with Gasteiger partial charge in [0.2, 0.25) is 0 Å². The van der Waals surface area contributed by atoms with Gasteiger partial charge in [-0.25, -0.2) is 0 Å². The summed E-state index contributed by atoms with van der Waals surface area (Å²) in [7, 11) is 0. The van der Waals surface area contributed by atoms with Crippen molar-refractivity contribution in [3.63, 3.8) is 0 Å². The Morgan fingerprint density at radius 3 is 0.430 bits per heavy atom. The molecule has 0 aliphatic carbocycles. The van der Waals surface area contributed by atoms with Gasteiger partial charge in [0.1, 0.15) is 0 Å². The number of rotatable bonds is 15. The van der Waals surface area contributed by atoms with Crippen molar-refractivity contribution in [2.24, 2.45) is 0 Å². The van der Waals surface area contributed by atoms with Gasteiger partial charge >= 0.3 is 0 Å². The van der Waals surface area contributed by atoms with Crippen molar-refractivity contribution in [2.45, 2.75) is 17.8 Å². The van der Waals surface area contributed by atoms with E-state index >= 15 is 0 Å². The summed E-state index contributed by atoms with van der Waals surface area (Å²) in [4.78, 5) is 0. The number of hydrogen-bond acceptors (Lipinski definition) is 0. The summed E-state index contributed by atoms with van der Waals surface area (Å²) >= 11 is 40.2. The Morgan fingerprint density at radius 1 is 0.172 bits per heavy atom. The highest BCUT2D eigenvalue weighted by Crippen LogP contribution is 2.57. The highest BCUT2D eigenvalue weighted by Gasteiger charge is 2.31. The van der Waals surface area contributed by atoms with E-state index in [0.29, 0.717) is 0 Å². The Hall–Kier alpha value is -6.96. The van der Waals surface area contributed by atoms with Crippen molar-refractivity contribution in [2.75, 3.05) is 16.0 Å². The first-order valence-electron chi connectivity index (χ1n) is 30.2. The summed E-state index contributed by atoms with van der Waals surface area (Å²) in [6.45, 7) is 0. The molecule has 0 atom stereocenters. The maximum absolute atomic E-state index is 4.76. The first-order chi connectivity index (χ1) is 45.7. The molecule has 13 aromatic rings. The smallest absolute Gasteiger partial charge is 0.0967 e. The van der Waals surface area contributed by atoms with Gasteiger partial charge in [-0.15, -0.1) is 69.6 Å². The Kier molecular flexibility index (Phi) is 25.9. The molecule has 9 heteroatoms. The van der Waals surface area contributed by atoms with Crippen LogP contribution in [0.15, 0.2) is 341 Å². The molecule has 93 heavy (non-hydrogen) atoms. The molecule has 13 aromatic carbocycles. The minimum absolute atomic E-state index is 0.0347. The topological polar surface area (TPSA) is 0 Å². The zero-order valence-corrected chi connectivity index (χ0v) is 59.7. The molecule has 0 aliphatic heterocycles. The Bertz CT molecular complexity index is 3780. The van der Waals surface area contributed by atoms with Gasteiger partial charge in [-0.1, -0.05) is 339 Å². The van der Waals surface area contributed by atoms with E-state index in [9.17, 15) is 0 Å². The summed E-state index contributed by atoms with van der Waals surface area (Å²) in [5, 5.41) is 0.583. The fraction of sp³-hybridized carbons (Fsp3) is 0.0714. The summed E-state index contributed by atoms with van der Waals surface area (Å²) in [5.74, 6) is 0.104. The molecule has 0 saturated carbocycles. The summed E-state index contributed by atoms with van der Waals surface area (Å²) < 4.78 is 3.06. The maximum Gasteiger partial charge on any atom is 0.0967 e. The van der Waals surface area contributed by atoms with E-state index in [1.54, 1.807) is 0 Å². The van der Waals surface area contributed by atoms with E-state index in [0.717, 1.165) is 80.2 Å². The van der Waals surface area contributed by atoms with Crippen molar-refractivity contribution in [3.05, 3.63) is 391 Å². The van der Waals surface area contributed by atoms with Crippen LogP contribution in [0.5, 0.6) is 0 Å². The lowest BCUT2D eigenvalue weighted by molar-refractivity contribution is 0.978. The number of benzene rings is 13. The van der Waals surface area contributed by atoms with E-state index < -0.39 is 0 Å². The minimum Gasteiger partial charge on any atom is -0.109 e. The van der Waals surface area contributed by atoms with Crippen LogP contribution in [0.3, 0.4) is 0 Å². The molecule has 13 rings (SSSR count). The second-order valence-corrected chi connectivity index (χ2v) is 26.9. The van der Waals surface area contributed by atoms with Crippen molar-refractivity contribution >= 4 is 117 Å². The van der Waals surface area contributed by atoms with Gasteiger partial charge in [-0.2, -0.15) is 0 Å². The van der Waals surface area contributed by atoms with Gasteiger partial charge in [-0.05, 0) is 153 Å². The van der Waals surface area contributed by atoms with Crippen LogP contribution in [0, 0.1) is 0 Å². The molecule has 0 fully saturated rings. The molecule has 0 amide bonds. The largest absolute Gasteiger partial charge is 0.109 e. The molecule has 0 radical (unpaired) electrons. The summed E-state index contributed by atoms with van der Waals surface area (Å²) in [5.41, 5.74) is 24.8. The Balaban J connectivity index is 0.000000995. The third-order valence-corrected chi connectivity index (χ3v) is 17.9. The molecule has 0 N–H and O–H groups in total. The van der Waals surface area contributed by atoms with Crippen molar-refractivity contribution in [1.29, 1.82) is 0 Å². The molecule has 0 aliphatic rings. The monoisotopic (exact) mass is 1520 g/mol. The molecule has 0 heterocycles. The predicted molar refractivity (Wildman–Crippen MR) is 413 cm³/mol. The summed E-state index contributed by atoms with van der Waals surface area (Å²) in [6, 6.07) is 121. The fourth-order valence-electron chi connectivity index (χ4n) is 12.5. The van der Waals surface area contributed by atoms with Gasteiger partial charge in [0.15, 0.2) is 0 Å². The predicted octanol–water partition coefficient (Wildman–Crippen LogP) is 27.8. The zero-order chi connectivity index (χ0) is 64.9. The lowest BCUT2D eigenvalue weighted by Crippen LogP contribution is -2.05. The van der Waals surface area contributed by atoms with E-state index in [2.05, 4.69) is 375 Å². The van der Waals surface area contributed by atoms with Crippen LogP contribution in [0.1, 0.15) is 67.8 Å². The normalized spacial score (nSPS) is 10.8. The van der Waals surface area contributed by atoms with Gasteiger partial charge in [0.05, 0.1) is 16.0 Å². The van der Waals surface area contributed by atoms with Crippen LogP contribution in [0.25, 0.3) is 66.8 Å². The average molecular weight is 1520 g/mol. The van der Waals surface area contributed by atoms with Gasteiger partial charge in [0, 0.05) is 31.2 Å². The first kappa shape index (κ1) is 68.9. The highest BCUT2D eigenvalue weighted by atomic mass is 79.9. The summed E-state index contributed by atoms with van der Waals surface area (Å²) in [6.07, 6.45) is 0. The number of halogens is 9. The molecular formula is C84H63Br3Cl6. The Labute approximate surface area is 603 Å².